The van der Waals surface area contributed by atoms with Gasteiger partial charge in [-0.15, -0.1) is 0 Å². The van der Waals surface area contributed by atoms with Gasteiger partial charge in [-0.25, -0.2) is 4.79 Å². The first-order valence-electron chi connectivity index (χ1n) is 6.65. The Bertz CT molecular complexity index is 836. The van der Waals surface area contributed by atoms with Crippen LogP contribution >= 0.6 is 11.6 Å². The molecule has 1 atom stereocenters. The zero-order valence-corrected chi connectivity index (χ0v) is 12.4. The van der Waals surface area contributed by atoms with Gasteiger partial charge in [0.15, 0.2) is 0 Å². The van der Waals surface area contributed by atoms with E-state index in [9.17, 15) is 14.7 Å². The Hall–Kier alpha value is -2.01. The Kier molecular flexibility index (Phi) is 2.99. The van der Waals surface area contributed by atoms with E-state index in [1.165, 1.54) is 4.57 Å². The number of H-pyrrole nitrogens is 1. The van der Waals surface area contributed by atoms with Gasteiger partial charge in [0.05, 0.1) is 0 Å². The molecule has 0 amide bonds. The Morgan fingerprint density at radius 2 is 1.95 bits per heavy atom. The van der Waals surface area contributed by atoms with Crippen molar-refractivity contribution in [3.8, 4) is 17.0 Å². The van der Waals surface area contributed by atoms with Gasteiger partial charge >= 0.3 is 5.69 Å². The molecule has 1 aromatic heterocycles. The van der Waals surface area contributed by atoms with Crippen LogP contribution in [0.4, 0.5) is 0 Å². The first-order valence-corrected chi connectivity index (χ1v) is 7.03. The predicted octanol–water partition coefficient (Wildman–Crippen LogP) is 2.53. The summed E-state index contributed by atoms with van der Waals surface area (Å²) in [6.07, 6.45) is 0.772. The number of aromatic nitrogens is 2. The molecule has 0 bridgehead atoms. The number of benzene rings is 1. The lowest BCUT2D eigenvalue weighted by atomic mass is 10.1. The molecule has 2 N–H and O–H groups in total. The van der Waals surface area contributed by atoms with Crippen LogP contribution in [0.15, 0.2) is 33.9 Å². The van der Waals surface area contributed by atoms with Crippen LogP contribution in [0.2, 0.25) is 5.02 Å². The average Bonchev–Trinajstić information content (AvgIpc) is 2.99. The molecule has 6 heteroatoms. The van der Waals surface area contributed by atoms with E-state index in [1.54, 1.807) is 24.3 Å². The largest absolute Gasteiger partial charge is 0.494 e. The van der Waals surface area contributed by atoms with Crippen LogP contribution in [0.1, 0.15) is 26.3 Å². The topological polar surface area (TPSA) is 75.1 Å². The molecule has 0 aliphatic heterocycles. The second kappa shape index (κ2) is 4.49. The van der Waals surface area contributed by atoms with E-state index in [1.807, 2.05) is 13.8 Å². The first kappa shape index (κ1) is 13.9. The second-order valence-corrected chi connectivity index (χ2v) is 6.42. The number of nitrogens with one attached hydrogen (secondary N) is 1. The van der Waals surface area contributed by atoms with Crippen molar-refractivity contribution in [2.75, 3.05) is 0 Å². The monoisotopic (exact) mass is 306 g/mol. The molecule has 1 aliphatic rings. The molecule has 0 spiro atoms. The van der Waals surface area contributed by atoms with E-state index in [-0.39, 0.29) is 22.9 Å². The van der Waals surface area contributed by atoms with Gasteiger partial charge in [-0.3, -0.25) is 14.3 Å². The molecule has 2 aromatic rings. The number of aromatic hydroxyl groups is 1. The third-order valence-electron chi connectivity index (χ3n) is 4.03. The number of hydrogen-bond donors (Lipinski definition) is 2. The Balaban J connectivity index is 2.28. The predicted molar refractivity (Wildman–Crippen MR) is 80.9 cm³/mol. The lowest BCUT2D eigenvalue weighted by molar-refractivity contribution is 0.386. The maximum Gasteiger partial charge on any atom is 0.331 e. The Morgan fingerprint density at radius 3 is 2.52 bits per heavy atom. The number of aromatic amines is 1. The standard InChI is InChI=1S/C15H15ClN2O3/c1-15(2)7-10(15)18-13(20)11(12(19)17-14(18)21)8-5-3-4-6-9(8)16/h3-6,10,20H,7H2,1-2H3,(H,17,19,21). The van der Waals surface area contributed by atoms with Crippen LogP contribution in [-0.4, -0.2) is 14.7 Å². The average molecular weight is 307 g/mol. The normalized spacial score (nSPS) is 19.5. The highest BCUT2D eigenvalue weighted by Crippen LogP contribution is 2.56. The first-order chi connectivity index (χ1) is 9.83. The van der Waals surface area contributed by atoms with Crippen molar-refractivity contribution < 1.29 is 5.11 Å². The summed E-state index contributed by atoms with van der Waals surface area (Å²) in [6.45, 7) is 4.01. The Morgan fingerprint density at radius 1 is 1.33 bits per heavy atom. The third-order valence-corrected chi connectivity index (χ3v) is 4.36. The summed E-state index contributed by atoms with van der Waals surface area (Å²) >= 11 is 6.09. The van der Waals surface area contributed by atoms with Crippen molar-refractivity contribution in [3.63, 3.8) is 0 Å². The smallest absolute Gasteiger partial charge is 0.331 e. The maximum atomic E-state index is 12.1. The zero-order valence-electron chi connectivity index (χ0n) is 11.7. The van der Waals surface area contributed by atoms with Crippen molar-refractivity contribution >= 4 is 11.6 Å². The number of nitrogens with zero attached hydrogens (tertiary/aromatic N) is 1. The van der Waals surface area contributed by atoms with Gasteiger partial charge < -0.3 is 5.11 Å². The summed E-state index contributed by atoms with van der Waals surface area (Å²) in [7, 11) is 0. The molecule has 1 aromatic carbocycles. The molecule has 3 rings (SSSR count). The third kappa shape index (κ3) is 2.17. The van der Waals surface area contributed by atoms with E-state index in [0.29, 0.717) is 10.6 Å². The molecule has 0 radical (unpaired) electrons. The van der Waals surface area contributed by atoms with Crippen LogP contribution < -0.4 is 11.2 Å². The Labute approximate surface area is 125 Å². The minimum Gasteiger partial charge on any atom is -0.494 e. The van der Waals surface area contributed by atoms with Crippen LogP contribution in [0.25, 0.3) is 11.1 Å². The molecule has 1 aliphatic carbocycles. The molecule has 0 saturated heterocycles. The van der Waals surface area contributed by atoms with Gasteiger partial charge in [0.2, 0.25) is 5.88 Å². The summed E-state index contributed by atoms with van der Waals surface area (Å²) in [4.78, 5) is 26.4. The van der Waals surface area contributed by atoms with Crippen molar-refractivity contribution in [2.45, 2.75) is 26.3 Å². The van der Waals surface area contributed by atoms with Crippen molar-refractivity contribution in [2.24, 2.45) is 5.41 Å². The van der Waals surface area contributed by atoms with Crippen LogP contribution in [0.3, 0.4) is 0 Å². The fourth-order valence-corrected chi connectivity index (χ4v) is 2.84. The number of halogens is 1. The maximum absolute atomic E-state index is 12.1. The fraction of sp³-hybridized carbons (Fsp3) is 0.333. The lowest BCUT2D eigenvalue weighted by Crippen LogP contribution is -2.31. The van der Waals surface area contributed by atoms with Gasteiger partial charge in [0.1, 0.15) is 5.56 Å². The number of hydrogen-bond acceptors (Lipinski definition) is 3. The summed E-state index contributed by atoms with van der Waals surface area (Å²) in [6, 6.07) is 6.60. The summed E-state index contributed by atoms with van der Waals surface area (Å²) in [5, 5.41) is 10.8. The van der Waals surface area contributed by atoms with Crippen molar-refractivity contribution in [3.05, 3.63) is 50.1 Å². The van der Waals surface area contributed by atoms with Crippen molar-refractivity contribution in [1.29, 1.82) is 0 Å². The summed E-state index contributed by atoms with van der Waals surface area (Å²) in [5.41, 5.74) is -0.866. The SMILES string of the molecule is CC1(C)CC1n1c(O)c(-c2ccccc2Cl)c(=O)[nH]c1=O. The molecule has 1 fully saturated rings. The summed E-state index contributed by atoms with van der Waals surface area (Å²) in [5.74, 6) is -0.326. The van der Waals surface area contributed by atoms with Crippen LogP contribution in [0.5, 0.6) is 5.88 Å². The van der Waals surface area contributed by atoms with Gasteiger partial charge in [0, 0.05) is 16.6 Å². The lowest BCUT2D eigenvalue weighted by Gasteiger charge is -2.13. The highest BCUT2D eigenvalue weighted by molar-refractivity contribution is 6.33. The minimum absolute atomic E-state index is 0.0305. The van der Waals surface area contributed by atoms with Crippen molar-refractivity contribution in [1.82, 2.24) is 9.55 Å². The minimum atomic E-state index is -0.639. The quantitative estimate of drug-likeness (QED) is 0.895. The molecular weight excluding hydrogens is 292 g/mol. The molecule has 110 valence electrons. The number of rotatable bonds is 2. The molecule has 1 saturated carbocycles. The zero-order chi connectivity index (χ0) is 15.4. The fourth-order valence-electron chi connectivity index (χ4n) is 2.61. The van der Waals surface area contributed by atoms with Gasteiger partial charge in [-0.2, -0.15) is 0 Å². The van der Waals surface area contributed by atoms with E-state index < -0.39 is 11.2 Å². The highest BCUT2D eigenvalue weighted by atomic mass is 35.5. The molecular formula is C15H15ClN2O3. The molecule has 5 nitrogen and oxygen atoms in total. The van der Waals surface area contributed by atoms with Crippen LogP contribution in [0, 0.1) is 5.41 Å². The van der Waals surface area contributed by atoms with Gasteiger partial charge in [-0.1, -0.05) is 43.6 Å². The van der Waals surface area contributed by atoms with Gasteiger partial charge in [0.25, 0.3) is 5.56 Å². The molecule has 1 heterocycles. The molecule has 1 unspecified atom stereocenters. The van der Waals surface area contributed by atoms with Gasteiger partial charge in [-0.05, 0) is 17.9 Å². The highest BCUT2D eigenvalue weighted by Gasteiger charge is 2.49. The molecule has 21 heavy (non-hydrogen) atoms. The van der Waals surface area contributed by atoms with E-state index in [2.05, 4.69) is 4.98 Å². The summed E-state index contributed by atoms with van der Waals surface area (Å²) < 4.78 is 1.25. The van der Waals surface area contributed by atoms with Crippen LogP contribution in [-0.2, 0) is 0 Å². The van der Waals surface area contributed by atoms with E-state index >= 15 is 0 Å². The second-order valence-electron chi connectivity index (χ2n) is 6.02. The van der Waals surface area contributed by atoms with E-state index in [4.69, 9.17) is 11.6 Å². The van der Waals surface area contributed by atoms with E-state index in [0.717, 1.165) is 6.42 Å².